The number of rotatable bonds is 5. The molecule has 0 aromatic heterocycles. The number of hydrogen-bond donors (Lipinski definition) is 2. The van der Waals surface area contributed by atoms with E-state index in [1.54, 1.807) is 12.1 Å². The molecule has 0 spiro atoms. The van der Waals surface area contributed by atoms with E-state index in [2.05, 4.69) is 6.92 Å². The Balaban J connectivity index is 3.12. The van der Waals surface area contributed by atoms with Crippen molar-refractivity contribution in [2.24, 2.45) is 0 Å². The SMILES string of the molecule is CCCC(C)(C)c1ccccc1OP(=O)(O)O. The van der Waals surface area contributed by atoms with Crippen LogP contribution in [-0.2, 0) is 9.98 Å². The number of benzene rings is 1. The molecular weight excluding hydrogens is 239 g/mol. The van der Waals surface area contributed by atoms with Gasteiger partial charge in [-0.05, 0) is 17.9 Å². The summed E-state index contributed by atoms with van der Waals surface area (Å²) in [6.07, 6.45) is 1.92. The highest BCUT2D eigenvalue weighted by Gasteiger charge is 2.26. The number of phosphoric acid groups is 1. The summed E-state index contributed by atoms with van der Waals surface area (Å²) in [6, 6.07) is 6.99. The molecule has 0 bridgehead atoms. The van der Waals surface area contributed by atoms with Crippen LogP contribution in [-0.4, -0.2) is 9.79 Å². The largest absolute Gasteiger partial charge is 0.524 e. The molecule has 0 saturated carbocycles. The first kappa shape index (κ1) is 14.2. The summed E-state index contributed by atoms with van der Waals surface area (Å²) < 4.78 is 15.6. The molecule has 0 fully saturated rings. The highest BCUT2D eigenvalue weighted by atomic mass is 31.2. The lowest BCUT2D eigenvalue weighted by atomic mass is 9.80. The van der Waals surface area contributed by atoms with Gasteiger partial charge in [0.05, 0.1) is 0 Å². The van der Waals surface area contributed by atoms with Gasteiger partial charge < -0.3 is 4.52 Å². The summed E-state index contributed by atoms with van der Waals surface area (Å²) in [5.74, 6) is 0.263. The third kappa shape index (κ3) is 4.15. The highest BCUT2D eigenvalue weighted by Crippen LogP contribution is 2.43. The lowest BCUT2D eigenvalue weighted by Crippen LogP contribution is -2.17. The van der Waals surface area contributed by atoms with E-state index in [9.17, 15) is 4.57 Å². The standard InChI is InChI=1S/C12H19O4P/c1-4-9-12(2,3)10-7-5-6-8-11(10)16-17(13,14)15/h5-8H,4,9H2,1-3H3,(H2,13,14,15). The second-order valence-electron chi connectivity index (χ2n) is 4.71. The summed E-state index contributed by atoms with van der Waals surface area (Å²) in [5, 5.41) is 0. The molecule has 0 aliphatic heterocycles. The predicted molar refractivity (Wildman–Crippen MR) is 67.0 cm³/mol. The minimum absolute atomic E-state index is 0.166. The van der Waals surface area contributed by atoms with E-state index in [0.717, 1.165) is 18.4 Å². The summed E-state index contributed by atoms with van der Waals surface area (Å²) >= 11 is 0. The fourth-order valence-corrected chi connectivity index (χ4v) is 2.41. The quantitative estimate of drug-likeness (QED) is 0.796. The van der Waals surface area contributed by atoms with E-state index >= 15 is 0 Å². The molecule has 0 heterocycles. The monoisotopic (exact) mass is 258 g/mol. The van der Waals surface area contributed by atoms with E-state index in [-0.39, 0.29) is 11.2 Å². The first-order valence-electron chi connectivity index (χ1n) is 5.61. The molecule has 0 radical (unpaired) electrons. The van der Waals surface area contributed by atoms with Crippen LogP contribution in [0.4, 0.5) is 0 Å². The minimum atomic E-state index is -4.50. The molecule has 4 nitrogen and oxygen atoms in total. The van der Waals surface area contributed by atoms with Gasteiger partial charge in [-0.2, -0.15) is 0 Å². The second kappa shape index (κ2) is 5.21. The zero-order chi connectivity index (χ0) is 13.1. The van der Waals surface area contributed by atoms with Crippen molar-refractivity contribution in [1.82, 2.24) is 0 Å². The Morgan fingerprint density at radius 3 is 2.41 bits per heavy atom. The smallest absolute Gasteiger partial charge is 0.404 e. The molecule has 0 aliphatic carbocycles. The molecule has 5 heteroatoms. The topological polar surface area (TPSA) is 66.8 Å². The van der Waals surface area contributed by atoms with Gasteiger partial charge >= 0.3 is 7.82 Å². The Morgan fingerprint density at radius 1 is 1.29 bits per heavy atom. The molecule has 0 aliphatic rings. The molecule has 1 rings (SSSR count). The van der Waals surface area contributed by atoms with Crippen molar-refractivity contribution in [2.45, 2.75) is 39.0 Å². The van der Waals surface area contributed by atoms with Crippen molar-refractivity contribution >= 4 is 7.82 Å². The van der Waals surface area contributed by atoms with Gasteiger partial charge in [0.25, 0.3) is 0 Å². The predicted octanol–water partition coefficient (Wildman–Crippen LogP) is 3.24. The lowest BCUT2D eigenvalue weighted by Gasteiger charge is -2.27. The van der Waals surface area contributed by atoms with Crippen LogP contribution in [0.3, 0.4) is 0 Å². The van der Waals surface area contributed by atoms with Crippen LogP contribution in [0, 0.1) is 0 Å². The maximum Gasteiger partial charge on any atom is 0.524 e. The van der Waals surface area contributed by atoms with Crippen LogP contribution in [0.2, 0.25) is 0 Å². The molecule has 1 aromatic rings. The Hall–Kier alpha value is -0.830. The fourth-order valence-electron chi connectivity index (χ4n) is 1.99. The number of para-hydroxylation sites is 1. The molecule has 0 amide bonds. The summed E-state index contributed by atoms with van der Waals surface area (Å²) in [6.45, 7) is 6.16. The van der Waals surface area contributed by atoms with Gasteiger partial charge in [-0.25, -0.2) is 4.57 Å². The van der Waals surface area contributed by atoms with Crippen LogP contribution >= 0.6 is 7.82 Å². The van der Waals surface area contributed by atoms with Gasteiger partial charge in [0.2, 0.25) is 0 Å². The summed E-state index contributed by atoms with van der Waals surface area (Å²) in [4.78, 5) is 17.8. The fraction of sp³-hybridized carbons (Fsp3) is 0.500. The van der Waals surface area contributed by atoms with Crippen molar-refractivity contribution in [3.05, 3.63) is 29.8 Å². The molecule has 17 heavy (non-hydrogen) atoms. The summed E-state index contributed by atoms with van der Waals surface area (Å²) in [7, 11) is -4.50. The Kier molecular flexibility index (Phi) is 4.36. The maximum atomic E-state index is 10.9. The van der Waals surface area contributed by atoms with Crippen molar-refractivity contribution in [2.75, 3.05) is 0 Å². The zero-order valence-corrected chi connectivity index (χ0v) is 11.3. The highest BCUT2D eigenvalue weighted by molar-refractivity contribution is 7.46. The van der Waals surface area contributed by atoms with Gasteiger partial charge in [-0.15, -0.1) is 0 Å². The van der Waals surface area contributed by atoms with Crippen molar-refractivity contribution in [3.8, 4) is 5.75 Å². The van der Waals surface area contributed by atoms with Crippen LogP contribution in [0.25, 0.3) is 0 Å². The van der Waals surface area contributed by atoms with Crippen LogP contribution < -0.4 is 4.52 Å². The van der Waals surface area contributed by atoms with Crippen LogP contribution in [0.15, 0.2) is 24.3 Å². The van der Waals surface area contributed by atoms with E-state index in [1.807, 2.05) is 26.0 Å². The molecule has 96 valence electrons. The van der Waals surface area contributed by atoms with E-state index in [4.69, 9.17) is 14.3 Å². The average Bonchev–Trinajstić information content (AvgIpc) is 2.15. The zero-order valence-electron chi connectivity index (χ0n) is 10.4. The average molecular weight is 258 g/mol. The molecule has 1 aromatic carbocycles. The van der Waals surface area contributed by atoms with E-state index in [1.165, 1.54) is 0 Å². The minimum Gasteiger partial charge on any atom is -0.404 e. The number of phosphoric ester groups is 1. The van der Waals surface area contributed by atoms with Crippen LogP contribution in [0.1, 0.15) is 39.2 Å². The number of hydrogen-bond acceptors (Lipinski definition) is 2. The van der Waals surface area contributed by atoms with Gasteiger partial charge in [0.15, 0.2) is 0 Å². The van der Waals surface area contributed by atoms with Crippen molar-refractivity contribution in [1.29, 1.82) is 0 Å². The molecule has 0 unspecified atom stereocenters. The first-order chi connectivity index (χ1) is 7.76. The Labute approximate surface area is 102 Å². The van der Waals surface area contributed by atoms with Crippen LogP contribution in [0.5, 0.6) is 5.75 Å². The maximum absolute atomic E-state index is 10.9. The summed E-state index contributed by atoms with van der Waals surface area (Å²) in [5.41, 5.74) is 0.658. The van der Waals surface area contributed by atoms with Crippen molar-refractivity contribution in [3.63, 3.8) is 0 Å². The molecule has 0 saturated heterocycles. The van der Waals surface area contributed by atoms with Crippen molar-refractivity contribution < 1.29 is 18.9 Å². The van der Waals surface area contributed by atoms with Gasteiger partial charge in [-0.1, -0.05) is 45.4 Å². The van der Waals surface area contributed by atoms with E-state index in [0.29, 0.717) is 0 Å². The molecule has 2 N–H and O–H groups in total. The Bertz CT molecular complexity index is 422. The Morgan fingerprint density at radius 2 is 1.88 bits per heavy atom. The molecule has 0 atom stereocenters. The lowest BCUT2D eigenvalue weighted by molar-refractivity contribution is 0.280. The first-order valence-corrected chi connectivity index (χ1v) is 7.14. The molecular formula is C12H19O4P. The third-order valence-electron chi connectivity index (χ3n) is 2.71. The van der Waals surface area contributed by atoms with Gasteiger partial charge in [0, 0.05) is 5.56 Å². The third-order valence-corrected chi connectivity index (χ3v) is 3.14. The second-order valence-corrected chi connectivity index (χ2v) is 5.88. The van der Waals surface area contributed by atoms with Gasteiger partial charge in [0.1, 0.15) is 5.75 Å². The normalized spacial score (nSPS) is 12.5. The van der Waals surface area contributed by atoms with Gasteiger partial charge in [-0.3, -0.25) is 9.79 Å². The van der Waals surface area contributed by atoms with E-state index < -0.39 is 7.82 Å².